The maximum Gasteiger partial charge on any atom is 0.511 e. The normalized spacial score (nSPS) is 32.7. The third-order valence-corrected chi connectivity index (χ3v) is 1.41. The molecule has 1 heterocycles. The molecule has 0 spiro atoms. The molecule has 64 valence electrons. The van der Waals surface area contributed by atoms with Gasteiger partial charge in [0.25, 0.3) is 6.29 Å². The van der Waals surface area contributed by atoms with Crippen LogP contribution in [0.5, 0.6) is 0 Å². The molecule has 1 N–H and O–H groups in total. The fourth-order valence-electron chi connectivity index (χ4n) is 0.605. The molecule has 0 saturated carbocycles. The average molecular weight is 182 g/mol. The highest BCUT2D eigenvalue weighted by atomic mass is 32.2. The van der Waals surface area contributed by atoms with Crippen molar-refractivity contribution in [2.75, 3.05) is 0 Å². The van der Waals surface area contributed by atoms with Gasteiger partial charge in [0.1, 0.15) is 0 Å². The van der Waals surface area contributed by atoms with Crippen LogP contribution in [0.1, 0.15) is 6.92 Å². The summed E-state index contributed by atoms with van der Waals surface area (Å²) in [5.74, 6) is 0. The third kappa shape index (κ3) is 2.14. The molecule has 3 unspecified atom stereocenters. The molecule has 0 aliphatic carbocycles. The molecular weight excluding hydrogens is 176 g/mol. The first-order valence-corrected chi connectivity index (χ1v) is 3.78. The van der Waals surface area contributed by atoms with Gasteiger partial charge >= 0.3 is 17.5 Å². The Hall–Kier alpha value is -0.660. The van der Waals surface area contributed by atoms with Crippen LogP contribution in [0.4, 0.5) is 4.79 Å². The van der Waals surface area contributed by atoms with Crippen LogP contribution in [-0.2, 0) is 25.0 Å². The second kappa shape index (κ2) is 3.16. The SMILES string of the molecule is CC1OC(=O)OC1OS(=O)O. The Morgan fingerprint density at radius 1 is 1.64 bits per heavy atom. The summed E-state index contributed by atoms with van der Waals surface area (Å²) in [6, 6.07) is 0. The number of carbonyl (C=O) groups excluding carboxylic acids is 1. The Morgan fingerprint density at radius 2 is 2.27 bits per heavy atom. The van der Waals surface area contributed by atoms with E-state index in [2.05, 4.69) is 13.7 Å². The average Bonchev–Trinajstić information content (AvgIpc) is 2.09. The van der Waals surface area contributed by atoms with Crippen LogP contribution in [0.2, 0.25) is 0 Å². The van der Waals surface area contributed by atoms with Crippen LogP contribution in [0, 0.1) is 0 Å². The Kier molecular flexibility index (Phi) is 2.42. The predicted molar refractivity (Wildman–Crippen MR) is 32.7 cm³/mol. The van der Waals surface area contributed by atoms with Crippen LogP contribution in [0.3, 0.4) is 0 Å². The highest BCUT2D eigenvalue weighted by Gasteiger charge is 2.35. The summed E-state index contributed by atoms with van der Waals surface area (Å²) in [6.45, 7) is 1.49. The molecule has 0 aromatic carbocycles. The van der Waals surface area contributed by atoms with E-state index in [-0.39, 0.29) is 0 Å². The van der Waals surface area contributed by atoms with E-state index in [9.17, 15) is 9.00 Å². The van der Waals surface area contributed by atoms with Gasteiger partial charge in [0.2, 0.25) is 0 Å². The van der Waals surface area contributed by atoms with Gasteiger partial charge in [-0.3, -0.25) is 4.55 Å². The summed E-state index contributed by atoms with van der Waals surface area (Å²) in [7, 11) is 0. The Labute approximate surface area is 64.9 Å². The third-order valence-electron chi connectivity index (χ3n) is 1.05. The smallest absolute Gasteiger partial charge is 0.424 e. The van der Waals surface area contributed by atoms with Crippen molar-refractivity contribution in [2.24, 2.45) is 0 Å². The first-order chi connectivity index (χ1) is 5.09. The van der Waals surface area contributed by atoms with E-state index < -0.39 is 29.9 Å². The fraction of sp³-hybridized carbons (Fsp3) is 0.750. The maximum absolute atomic E-state index is 10.3. The van der Waals surface area contributed by atoms with Gasteiger partial charge in [-0.1, -0.05) is 0 Å². The Bertz CT molecular complexity index is 191. The lowest BCUT2D eigenvalue weighted by molar-refractivity contribution is -0.0137. The molecule has 1 aliphatic rings. The minimum absolute atomic E-state index is 0.654. The van der Waals surface area contributed by atoms with Gasteiger partial charge in [-0.2, -0.15) is 4.21 Å². The second-order valence-corrected chi connectivity index (χ2v) is 2.50. The molecule has 1 aliphatic heterocycles. The highest BCUT2D eigenvalue weighted by molar-refractivity contribution is 7.74. The largest absolute Gasteiger partial charge is 0.511 e. The molecule has 7 heteroatoms. The minimum atomic E-state index is -2.45. The molecule has 0 radical (unpaired) electrons. The lowest BCUT2D eigenvalue weighted by Crippen LogP contribution is -2.23. The Balaban J connectivity index is 2.46. The summed E-state index contributed by atoms with van der Waals surface area (Å²) >= 11 is -2.45. The van der Waals surface area contributed by atoms with Gasteiger partial charge in [0.05, 0.1) is 0 Å². The first-order valence-electron chi connectivity index (χ1n) is 2.75. The minimum Gasteiger partial charge on any atom is -0.424 e. The van der Waals surface area contributed by atoms with Crippen molar-refractivity contribution in [3.8, 4) is 0 Å². The molecular formula is C4H6O6S. The van der Waals surface area contributed by atoms with Crippen molar-refractivity contribution >= 4 is 17.5 Å². The second-order valence-electron chi connectivity index (χ2n) is 1.87. The van der Waals surface area contributed by atoms with Crippen molar-refractivity contribution in [1.29, 1.82) is 0 Å². The summed E-state index contributed by atoms with van der Waals surface area (Å²) in [5.41, 5.74) is 0. The van der Waals surface area contributed by atoms with Crippen LogP contribution >= 0.6 is 0 Å². The van der Waals surface area contributed by atoms with E-state index in [0.29, 0.717) is 0 Å². The van der Waals surface area contributed by atoms with Gasteiger partial charge < -0.3 is 9.47 Å². The van der Waals surface area contributed by atoms with Crippen LogP contribution in [0.25, 0.3) is 0 Å². The zero-order chi connectivity index (χ0) is 8.43. The van der Waals surface area contributed by atoms with Gasteiger partial charge in [-0.15, -0.1) is 0 Å². The van der Waals surface area contributed by atoms with E-state index in [4.69, 9.17) is 4.55 Å². The van der Waals surface area contributed by atoms with Crippen molar-refractivity contribution in [3.05, 3.63) is 0 Å². The predicted octanol–water partition coefficient (Wildman–Crippen LogP) is 0.0211. The van der Waals surface area contributed by atoms with Gasteiger partial charge in [-0.25, -0.2) is 8.98 Å². The first kappa shape index (κ1) is 8.44. The summed E-state index contributed by atoms with van der Waals surface area (Å²) in [5, 5.41) is 0. The molecule has 0 amide bonds. The van der Waals surface area contributed by atoms with E-state index >= 15 is 0 Å². The van der Waals surface area contributed by atoms with E-state index in [1.807, 2.05) is 0 Å². The van der Waals surface area contributed by atoms with Crippen LogP contribution < -0.4 is 0 Å². The lowest BCUT2D eigenvalue weighted by Gasteiger charge is -2.06. The summed E-state index contributed by atoms with van der Waals surface area (Å²) in [6.07, 6.45) is -2.64. The molecule has 1 rings (SSSR count). The summed E-state index contributed by atoms with van der Waals surface area (Å²) < 4.78 is 31.3. The van der Waals surface area contributed by atoms with E-state index in [1.165, 1.54) is 6.92 Å². The van der Waals surface area contributed by atoms with Gasteiger partial charge in [-0.05, 0) is 6.92 Å². The monoisotopic (exact) mass is 182 g/mol. The van der Waals surface area contributed by atoms with Gasteiger partial charge in [0.15, 0.2) is 6.10 Å². The zero-order valence-electron chi connectivity index (χ0n) is 5.55. The van der Waals surface area contributed by atoms with Crippen molar-refractivity contribution in [3.63, 3.8) is 0 Å². The molecule has 3 atom stereocenters. The molecule has 11 heavy (non-hydrogen) atoms. The topological polar surface area (TPSA) is 82.1 Å². The summed E-state index contributed by atoms with van der Waals surface area (Å²) in [4.78, 5) is 10.3. The lowest BCUT2D eigenvalue weighted by atomic mass is 10.4. The Morgan fingerprint density at radius 3 is 2.64 bits per heavy atom. The number of hydrogen-bond donors (Lipinski definition) is 1. The standard InChI is InChI=1S/C4H6O6S/c1-2-3(10-11(6)7)9-4(5)8-2/h2-3H,1H3,(H,6,7). The van der Waals surface area contributed by atoms with E-state index in [0.717, 1.165) is 0 Å². The van der Waals surface area contributed by atoms with Crippen molar-refractivity contribution in [2.45, 2.75) is 19.3 Å². The van der Waals surface area contributed by atoms with Crippen molar-refractivity contribution < 1.29 is 27.2 Å². The molecule has 1 fully saturated rings. The zero-order valence-corrected chi connectivity index (χ0v) is 6.37. The number of cyclic esters (lactones) is 2. The molecule has 1 saturated heterocycles. The van der Waals surface area contributed by atoms with E-state index in [1.54, 1.807) is 0 Å². The molecule has 0 bridgehead atoms. The number of rotatable bonds is 2. The highest BCUT2D eigenvalue weighted by Crippen LogP contribution is 2.15. The maximum atomic E-state index is 10.3. The molecule has 6 nitrogen and oxygen atoms in total. The van der Waals surface area contributed by atoms with Gasteiger partial charge in [0, 0.05) is 0 Å². The van der Waals surface area contributed by atoms with Crippen LogP contribution in [-0.4, -0.2) is 27.3 Å². The fourth-order valence-corrected chi connectivity index (χ4v) is 0.963. The van der Waals surface area contributed by atoms with Crippen LogP contribution in [0.15, 0.2) is 0 Å². The number of carbonyl (C=O) groups is 1. The molecule has 0 aromatic heterocycles. The molecule has 0 aromatic rings. The number of hydrogen-bond acceptors (Lipinski definition) is 5. The quantitative estimate of drug-likeness (QED) is 0.479. The van der Waals surface area contributed by atoms with Crippen molar-refractivity contribution in [1.82, 2.24) is 0 Å². The number of ether oxygens (including phenoxy) is 2.